The molecule has 2 aromatic rings. The van der Waals surface area contributed by atoms with Gasteiger partial charge >= 0.3 is 0 Å². The van der Waals surface area contributed by atoms with Gasteiger partial charge in [0.15, 0.2) is 6.61 Å². The minimum Gasteiger partial charge on any atom is -0.484 e. The molecule has 0 aromatic heterocycles. The minimum absolute atomic E-state index is 0.0442. The van der Waals surface area contributed by atoms with Crippen molar-refractivity contribution in [3.63, 3.8) is 0 Å². The normalized spacial score (nSPS) is 12.4. The summed E-state index contributed by atoms with van der Waals surface area (Å²) >= 11 is 5.99. The summed E-state index contributed by atoms with van der Waals surface area (Å²) in [5.74, 6) is 0.503. The van der Waals surface area contributed by atoms with Crippen LogP contribution in [0.5, 0.6) is 5.75 Å². The van der Waals surface area contributed by atoms with Crippen LogP contribution in [0.3, 0.4) is 0 Å². The van der Waals surface area contributed by atoms with Crippen LogP contribution in [0.15, 0.2) is 48.5 Å². The van der Waals surface area contributed by atoms with E-state index in [1.165, 1.54) is 5.56 Å². The maximum absolute atomic E-state index is 13.1. The molecule has 0 saturated heterocycles. The highest BCUT2D eigenvalue weighted by Gasteiger charge is 2.26. The van der Waals surface area contributed by atoms with E-state index in [-0.39, 0.29) is 23.8 Å². The van der Waals surface area contributed by atoms with Crippen LogP contribution in [0.2, 0.25) is 5.02 Å². The second-order valence-electron chi connectivity index (χ2n) is 9.53. The third-order valence-corrected chi connectivity index (χ3v) is 5.45. The molecule has 2 amide bonds. The van der Waals surface area contributed by atoms with Crippen LogP contribution in [0.1, 0.15) is 52.7 Å². The van der Waals surface area contributed by atoms with Crippen molar-refractivity contribution >= 4 is 23.4 Å². The first-order valence-electron chi connectivity index (χ1n) is 11.0. The van der Waals surface area contributed by atoms with Gasteiger partial charge in [0.2, 0.25) is 5.91 Å². The number of carbonyl (C=O) groups excluding carboxylic acids is 2. The molecule has 0 bridgehead atoms. The minimum atomic E-state index is -0.635. The van der Waals surface area contributed by atoms with Gasteiger partial charge in [0.25, 0.3) is 5.91 Å². The van der Waals surface area contributed by atoms with E-state index in [0.29, 0.717) is 29.8 Å². The number of nitrogens with zero attached hydrogens (tertiary/aromatic N) is 1. The maximum Gasteiger partial charge on any atom is 0.261 e. The first-order chi connectivity index (χ1) is 15.0. The molecule has 0 saturated carbocycles. The molecule has 0 aliphatic heterocycles. The number of nitrogens with one attached hydrogen (secondary N) is 1. The predicted octanol–water partition coefficient (Wildman–Crippen LogP) is 5.21. The zero-order valence-electron chi connectivity index (χ0n) is 19.9. The summed E-state index contributed by atoms with van der Waals surface area (Å²) in [6.45, 7) is 12.9. The smallest absolute Gasteiger partial charge is 0.261 e. The SMILES string of the molecule is CC(C)CNC(=O)[C@@H](C)N(Cc1ccc(Cl)cc1)C(=O)COc1ccc(C(C)(C)C)cc1. The zero-order valence-corrected chi connectivity index (χ0v) is 20.7. The molecule has 0 aliphatic carbocycles. The van der Waals surface area contributed by atoms with E-state index >= 15 is 0 Å². The Balaban J connectivity index is 2.11. The van der Waals surface area contributed by atoms with E-state index in [9.17, 15) is 9.59 Å². The van der Waals surface area contributed by atoms with E-state index in [1.807, 2.05) is 50.2 Å². The van der Waals surface area contributed by atoms with Gasteiger partial charge in [-0.3, -0.25) is 9.59 Å². The zero-order chi connectivity index (χ0) is 23.9. The molecule has 0 aliphatic rings. The van der Waals surface area contributed by atoms with E-state index in [4.69, 9.17) is 16.3 Å². The standard InChI is InChI=1S/C26H35ClN2O3/c1-18(2)15-28-25(31)19(3)29(16-20-7-11-22(27)12-8-20)24(30)17-32-23-13-9-21(10-14-23)26(4,5)6/h7-14,18-19H,15-17H2,1-6H3,(H,28,31)/t19-/m1/s1. The van der Waals surface area contributed by atoms with Crippen molar-refractivity contribution in [3.05, 3.63) is 64.7 Å². The molecule has 1 N–H and O–H groups in total. The lowest BCUT2D eigenvalue weighted by Gasteiger charge is -2.29. The van der Waals surface area contributed by atoms with Crippen LogP contribution in [-0.2, 0) is 21.5 Å². The van der Waals surface area contributed by atoms with Gasteiger partial charge in [-0.2, -0.15) is 0 Å². The summed E-state index contributed by atoms with van der Waals surface area (Å²) < 4.78 is 5.76. The molecule has 2 rings (SSSR count). The van der Waals surface area contributed by atoms with Gasteiger partial charge in [-0.15, -0.1) is 0 Å². The van der Waals surface area contributed by atoms with Crippen molar-refractivity contribution in [1.29, 1.82) is 0 Å². The number of ether oxygens (including phenoxy) is 1. The van der Waals surface area contributed by atoms with Gasteiger partial charge in [-0.1, -0.05) is 70.5 Å². The third-order valence-electron chi connectivity index (χ3n) is 5.20. The average molecular weight is 459 g/mol. The van der Waals surface area contributed by atoms with Crippen LogP contribution in [0.25, 0.3) is 0 Å². The first kappa shape index (κ1) is 25.7. The van der Waals surface area contributed by atoms with Crippen molar-refractivity contribution in [2.75, 3.05) is 13.2 Å². The van der Waals surface area contributed by atoms with Crippen molar-refractivity contribution in [2.45, 2.75) is 59.5 Å². The predicted molar refractivity (Wildman–Crippen MR) is 130 cm³/mol. The number of carbonyl (C=O) groups is 2. The highest BCUT2D eigenvalue weighted by Crippen LogP contribution is 2.24. The monoisotopic (exact) mass is 458 g/mol. The van der Waals surface area contributed by atoms with Crippen LogP contribution in [-0.4, -0.2) is 35.9 Å². The highest BCUT2D eigenvalue weighted by atomic mass is 35.5. The second kappa shape index (κ2) is 11.4. The lowest BCUT2D eigenvalue weighted by Crippen LogP contribution is -2.49. The molecular weight excluding hydrogens is 424 g/mol. The topological polar surface area (TPSA) is 58.6 Å². The largest absolute Gasteiger partial charge is 0.484 e. The summed E-state index contributed by atoms with van der Waals surface area (Å²) in [6.07, 6.45) is 0. The molecule has 174 valence electrons. The number of amides is 2. The van der Waals surface area contributed by atoms with Crippen molar-refractivity contribution in [2.24, 2.45) is 5.92 Å². The molecule has 0 radical (unpaired) electrons. The summed E-state index contributed by atoms with van der Waals surface area (Å²) in [7, 11) is 0. The molecule has 5 nitrogen and oxygen atoms in total. The number of halogens is 1. The number of hydrogen-bond donors (Lipinski definition) is 1. The number of hydrogen-bond acceptors (Lipinski definition) is 3. The van der Waals surface area contributed by atoms with E-state index in [2.05, 4.69) is 26.1 Å². The Kier molecular flexibility index (Phi) is 9.14. The second-order valence-corrected chi connectivity index (χ2v) is 9.96. The molecule has 0 fully saturated rings. The van der Waals surface area contributed by atoms with Gasteiger partial charge in [0.1, 0.15) is 11.8 Å². The van der Waals surface area contributed by atoms with Crippen molar-refractivity contribution in [3.8, 4) is 5.75 Å². The Labute approximate surface area is 197 Å². The first-order valence-corrected chi connectivity index (χ1v) is 11.4. The van der Waals surface area contributed by atoms with Gasteiger partial charge in [0.05, 0.1) is 0 Å². The summed E-state index contributed by atoms with van der Waals surface area (Å²) in [5, 5.41) is 3.53. The Morgan fingerprint density at radius 2 is 1.59 bits per heavy atom. The Bertz CT molecular complexity index is 887. The van der Waals surface area contributed by atoms with Crippen LogP contribution < -0.4 is 10.1 Å². The quantitative estimate of drug-likeness (QED) is 0.561. The average Bonchev–Trinajstić information content (AvgIpc) is 2.74. The Morgan fingerprint density at radius 1 is 1.00 bits per heavy atom. The molecule has 2 aromatic carbocycles. The molecule has 32 heavy (non-hydrogen) atoms. The molecule has 6 heteroatoms. The van der Waals surface area contributed by atoms with E-state index < -0.39 is 6.04 Å². The lowest BCUT2D eigenvalue weighted by molar-refractivity contribution is -0.142. The van der Waals surface area contributed by atoms with Crippen LogP contribution >= 0.6 is 11.6 Å². The number of benzene rings is 2. The fourth-order valence-corrected chi connectivity index (χ4v) is 3.23. The van der Waals surface area contributed by atoms with Gasteiger partial charge in [0, 0.05) is 18.1 Å². The lowest BCUT2D eigenvalue weighted by atomic mass is 9.87. The maximum atomic E-state index is 13.1. The third kappa shape index (κ3) is 7.86. The molecule has 0 spiro atoms. The molecular formula is C26H35ClN2O3. The van der Waals surface area contributed by atoms with Gasteiger partial charge in [-0.05, 0) is 53.6 Å². The summed E-state index contributed by atoms with van der Waals surface area (Å²) in [5.41, 5.74) is 2.12. The van der Waals surface area contributed by atoms with Crippen LogP contribution in [0, 0.1) is 5.92 Å². The Morgan fingerprint density at radius 3 is 2.12 bits per heavy atom. The fourth-order valence-electron chi connectivity index (χ4n) is 3.10. The summed E-state index contributed by atoms with van der Waals surface area (Å²) in [6, 6.07) is 14.4. The molecule has 1 atom stereocenters. The Hall–Kier alpha value is -2.53. The van der Waals surface area contributed by atoms with Crippen molar-refractivity contribution < 1.29 is 14.3 Å². The van der Waals surface area contributed by atoms with E-state index in [0.717, 1.165) is 5.56 Å². The van der Waals surface area contributed by atoms with Crippen molar-refractivity contribution in [1.82, 2.24) is 10.2 Å². The molecule has 0 unspecified atom stereocenters. The van der Waals surface area contributed by atoms with E-state index in [1.54, 1.807) is 24.0 Å². The number of rotatable bonds is 9. The van der Waals surface area contributed by atoms with Gasteiger partial charge < -0.3 is 15.0 Å². The highest BCUT2D eigenvalue weighted by molar-refractivity contribution is 6.30. The fraction of sp³-hybridized carbons (Fsp3) is 0.462. The van der Waals surface area contributed by atoms with Gasteiger partial charge in [-0.25, -0.2) is 0 Å². The van der Waals surface area contributed by atoms with Crippen LogP contribution in [0.4, 0.5) is 0 Å². The molecule has 0 heterocycles. The summed E-state index contributed by atoms with van der Waals surface area (Å²) in [4.78, 5) is 27.3.